The number of hydrogen-bond acceptors (Lipinski definition) is 15. The molecule has 218 valence electrons. The molecule has 21 heteroatoms. The van der Waals surface area contributed by atoms with Gasteiger partial charge in [0.05, 0.1) is 11.2 Å². The van der Waals surface area contributed by atoms with Crippen LogP contribution in [-0.4, -0.2) is 96.6 Å². The number of carbonyl (C=O) groups excluding carboxylic acids is 2. The minimum Gasteiger partial charge on any atom is -0.477 e. The van der Waals surface area contributed by atoms with Crippen LogP contribution in [0.15, 0.2) is 49.9 Å². The molecular weight excluding hydrogens is 623 g/mol. The van der Waals surface area contributed by atoms with Crippen LogP contribution in [0.3, 0.4) is 0 Å². The average Bonchev–Trinajstić information content (AvgIpc) is 3.54. The second-order valence-electron chi connectivity index (χ2n) is 8.53. The summed E-state index contributed by atoms with van der Waals surface area (Å²) in [6.45, 7) is 1.69. The molecule has 0 radical (unpaired) electrons. The Hall–Kier alpha value is -3.63. The second-order valence-corrected chi connectivity index (χ2v) is 12.8. The normalized spacial score (nSPS) is 22.4. The minimum absolute atomic E-state index is 0.133. The monoisotopic (exact) mass is 643 g/mol. The van der Waals surface area contributed by atoms with Crippen molar-refractivity contribution in [3.8, 4) is 0 Å². The molecule has 1 saturated heterocycles. The third kappa shape index (κ3) is 5.50. The van der Waals surface area contributed by atoms with Crippen molar-refractivity contribution in [1.82, 2.24) is 30.2 Å². The van der Waals surface area contributed by atoms with Gasteiger partial charge < -0.3 is 21.0 Å². The Morgan fingerprint density at radius 1 is 1.41 bits per heavy atom. The van der Waals surface area contributed by atoms with E-state index < -0.39 is 39.5 Å². The molecule has 0 aliphatic carbocycles. The number of oxime groups is 1. The van der Waals surface area contributed by atoms with Crippen LogP contribution in [0, 0.1) is 0 Å². The van der Waals surface area contributed by atoms with Gasteiger partial charge in [-0.2, -0.15) is 12.8 Å². The molecule has 0 saturated carbocycles. The fourth-order valence-corrected chi connectivity index (χ4v) is 7.63. The van der Waals surface area contributed by atoms with Gasteiger partial charge in [0.15, 0.2) is 16.7 Å². The third-order valence-corrected chi connectivity index (χ3v) is 9.63. The number of fused-ring (bicyclic) bond motifs is 2. The molecule has 41 heavy (non-hydrogen) atoms. The van der Waals surface area contributed by atoms with E-state index in [4.69, 9.17) is 10.6 Å². The number of aliphatic carboxylic acids is 1. The molecule has 5 rings (SSSR count). The molecule has 1 fully saturated rings. The number of hydrazine groups is 2. The lowest BCUT2D eigenvalue weighted by Gasteiger charge is -2.49. The van der Waals surface area contributed by atoms with Crippen molar-refractivity contribution < 1.29 is 37.3 Å². The number of aromatic nitrogens is 1. The van der Waals surface area contributed by atoms with Gasteiger partial charge in [0.25, 0.3) is 11.8 Å². The van der Waals surface area contributed by atoms with Crippen LogP contribution < -0.4 is 16.6 Å². The molecule has 0 bridgehead atoms. The zero-order valence-corrected chi connectivity index (χ0v) is 24.3. The van der Waals surface area contributed by atoms with Crippen LogP contribution in [0.4, 0.5) is 5.13 Å². The molecule has 2 amide bonds. The number of nitrogens with two attached hydrogens (primary N) is 1. The maximum atomic E-state index is 13.1. The summed E-state index contributed by atoms with van der Waals surface area (Å²) in [5, 5.41) is 19.1. The quantitative estimate of drug-likeness (QED) is 0.0989. The zero-order chi connectivity index (χ0) is 29.6. The summed E-state index contributed by atoms with van der Waals surface area (Å²) >= 11 is 3.55. The Kier molecular flexibility index (Phi) is 7.74. The summed E-state index contributed by atoms with van der Waals surface area (Å²) in [7, 11) is -3.35. The molecule has 4 aliphatic rings. The van der Waals surface area contributed by atoms with E-state index in [2.05, 4.69) is 26.0 Å². The Bertz CT molecular complexity index is 1600. The van der Waals surface area contributed by atoms with Crippen LogP contribution in [0.1, 0.15) is 12.6 Å². The molecule has 1 aromatic rings. The third-order valence-electron chi connectivity index (χ3n) is 5.85. The van der Waals surface area contributed by atoms with Crippen LogP contribution in [0.5, 0.6) is 0 Å². The van der Waals surface area contributed by atoms with E-state index in [0.717, 1.165) is 22.4 Å². The van der Waals surface area contributed by atoms with Gasteiger partial charge in [0.1, 0.15) is 29.9 Å². The number of nitrogens with zero attached hydrogens (tertiary/aromatic N) is 6. The Labute approximate surface area is 244 Å². The second kappa shape index (κ2) is 11.0. The first kappa shape index (κ1) is 28.9. The molecular formula is C20H21N9O8S4. The van der Waals surface area contributed by atoms with Crippen molar-refractivity contribution in [2.24, 2.45) is 10.1 Å². The standard InChI is InChI=1S/C20H21N9O8S4/c1-8-3-12(29-11(22-8)4-27(26-29)41(34,35)36)38-5-9-6-39-18-14(17(31)28(18)15(9)19(32)33)24-16(30)13(25-37-2)10-7-40-20(21)23-10/h3-4,7,14,18,26H,5-6H2,1-2H3,(H2,21,23)(H,24,30)(H,32,33)(H,34,35,36)/b25-13-/t14-,18-/m1/s1. The predicted octanol–water partition coefficient (Wildman–Crippen LogP) is -0.498. The molecule has 17 nitrogen and oxygen atoms in total. The lowest BCUT2D eigenvalue weighted by atomic mass is 10.0. The predicted molar refractivity (Wildman–Crippen MR) is 150 cm³/mol. The number of nitrogen functional groups attached to an aromatic ring is 1. The number of allylic oxidation sites excluding steroid dienone is 1. The van der Waals surface area contributed by atoms with Crippen LogP contribution in [-0.2, 0) is 29.5 Å². The van der Waals surface area contributed by atoms with Gasteiger partial charge in [-0.05, 0) is 18.6 Å². The summed E-state index contributed by atoms with van der Waals surface area (Å²) in [5.41, 5.74) is 8.91. The van der Waals surface area contributed by atoms with Crippen LogP contribution in [0.2, 0.25) is 0 Å². The number of carboxylic acids is 1. The zero-order valence-electron chi connectivity index (χ0n) is 21.0. The number of anilines is 1. The van der Waals surface area contributed by atoms with Gasteiger partial charge >= 0.3 is 16.3 Å². The summed E-state index contributed by atoms with van der Waals surface area (Å²) in [6.07, 6.45) is 2.74. The van der Waals surface area contributed by atoms with Crippen molar-refractivity contribution in [2.75, 3.05) is 24.3 Å². The number of carboxylic acid groups (broad SMARTS) is 1. The van der Waals surface area contributed by atoms with Crippen molar-refractivity contribution >= 4 is 79.5 Å². The van der Waals surface area contributed by atoms with E-state index in [0.29, 0.717) is 20.7 Å². The number of aliphatic imine (C=N–C) groups is 1. The Balaban J connectivity index is 1.30. The minimum atomic E-state index is -4.60. The van der Waals surface area contributed by atoms with E-state index in [-0.39, 0.29) is 39.6 Å². The first-order chi connectivity index (χ1) is 19.4. The van der Waals surface area contributed by atoms with Crippen molar-refractivity contribution in [3.05, 3.63) is 45.5 Å². The molecule has 0 aromatic carbocycles. The maximum Gasteiger partial charge on any atom is 0.374 e. The largest absolute Gasteiger partial charge is 0.477 e. The first-order valence-corrected chi connectivity index (χ1v) is 15.7. The highest BCUT2D eigenvalue weighted by Crippen LogP contribution is 2.42. The van der Waals surface area contributed by atoms with Gasteiger partial charge in [0, 0.05) is 22.6 Å². The highest BCUT2D eigenvalue weighted by molar-refractivity contribution is 8.03. The number of nitrogens with one attached hydrogen (secondary N) is 2. The lowest BCUT2D eigenvalue weighted by Crippen LogP contribution is -2.71. The summed E-state index contributed by atoms with van der Waals surface area (Å²) in [4.78, 5) is 52.4. The Morgan fingerprint density at radius 2 is 2.17 bits per heavy atom. The summed E-state index contributed by atoms with van der Waals surface area (Å²) in [5.74, 6) is -2.08. The van der Waals surface area contributed by atoms with E-state index in [1.807, 2.05) is 0 Å². The van der Waals surface area contributed by atoms with Crippen molar-refractivity contribution in [2.45, 2.75) is 18.3 Å². The highest BCUT2D eigenvalue weighted by Gasteiger charge is 2.54. The smallest absolute Gasteiger partial charge is 0.374 e. The number of rotatable bonds is 9. The molecule has 2 atom stereocenters. The van der Waals surface area contributed by atoms with Gasteiger partial charge in [-0.1, -0.05) is 5.16 Å². The van der Waals surface area contributed by atoms with E-state index >= 15 is 0 Å². The molecule has 5 heterocycles. The van der Waals surface area contributed by atoms with Crippen molar-refractivity contribution in [3.63, 3.8) is 0 Å². The van der Waals surface area contributed by atoms with Gasteiger partial charge in [0.2, 0.25) is 0 Å². The fourth-order valence-electron chi connectivity index (χ4n) is 4.12. The number of amides is 2. The van der Waals surface area contributed by atoms with Crippen LogP contribution in [0.25, 0.3) is 0 Å². The number of thioether (sulfide) groups is 2. The van der Waals surface area contributed by atoms with Gasteiger partial charge in [-0.3, -0.25) is 19.0 Å². The average molecular weight is 644 g/mol. The van der Waals surface area contributed by atoms with Gasteiger partial charge in [-0.15, -0.1) is 40.4 Å². The molecule has 6 N–H and O–H groups in total. The van der Waals surface area contributed by atoms with Crippen LogP contribution >= 0.6 is 34.9 Å². The number of hydrogen-bond donors (Lipinski definition) is 5. The Morgan fingerprint density at radius 3 is 2.80 bits per heavy atom. The van der Waals surface area contributed by atoms with Crippen molar-refractivity contribution in [1.29, 1.82) is 0 Å². The maximum absolute atomic E-state index is 13.1. The lowest BCUT2D eigenvalue weighted by molar-refractivity contribution is -0.150. The van der Waals surface area contributed by atoms with E-state index in [1.165, 1.54) is 41.0 Å². The van der Waals surface area contributed by atoms with E-state index in [9.17, 15) is 32.5 Å². The molecule has 0 spiro atoms. The summed E-state index contributed by atoms with van der Waals surface area (Å²) in [6, 6.07) is -1.01. The fraction of sp³-hybridized carbons (Fsp3) is 0.300. The summed E-state index contributed by atoms with van der Waals surface area (Å²) < 4.78 is 32.9. The molecule has 4 aliphatic heterocycles. The van der Waals surface area contributed by atoms with Gasteiger partial charge in [-0.25, -0.2) is 19.8 Å². The number of carbonyl (C=O) groups is 3. The van der Waals surface area contributed by atoms with E-state index in [1.54, 1.807) is 13.0 Å². The first-order valence-electron chi connectivity index (χ1n) is 11.4. The number of thiazole rings is 1. The highest BCUT2D eigenvalue weighted by atomic mass is 32.2. The molecule has 0 unspecified atom stereocenters. The topological polar surface area (TPSA) is 232 Å². The SMILES string of the molecule is CO/N=C(\C(=O)N[C@@H]1C(=O)N2C(C(=O)O)=C(CSC3=CC(C)=NC4=CN(S(=O)(=O)O)NN43)CS[C@H]12)c1csc(N)n1. The number of β-lactam (4-membered cyclic amide) rings is 1. The molecule has 1 aromatic heterocycles.